The van der Waals surface area contributed by atoms with Gasteiger partial charge in [-0.2, -0.15) is 0 Å². The van der Waals surface area contributed by atoms with E-state index < -0.39 is 0 Å². The Balaban J connectivity index is 2.26. The Kier molecular flexibility index (Phi) is 3.99. The molecule has 0 spiro atoms. The zero-order valence-corrected chi connectivity index (χ0v) is 11.8. The van der Waals surface area contributed by atoms with Crippen molar-refractivity contribution in [3.05, 3.63) is 44.9 Å². The molecule has 0 bridgehead atoms. The van der Waals surface area contributed by atoms with Crippen LogP contribution in [-0.4, -0.2) is 18.3 Å². The highest BCUT2D eigenvalue weighted by atomic mass is 35.5. The van der Waals surface area contributed by atoms with E-state index in [0.717, 1.165) is 24.2 Å². The number of anilines is 1. The second kappa shape index (κ2) is 5.50. The number of hydrogen-bond acceptors (Lipinski definition) is 4. The molecule has 0 N–H and O–H groups in total. The first kappa shape index (κ1) is 13.1. The lowest BCUT2D eigenvalue weighted by molar-refractivity contribution is 0.112. The molecule has 5 heteroatoms. The number of aromatic nitrogens is 1. The Bertz CT molecular complexity index is 568. The standard InChI is InChI=1S/C13H13ClN2OS/c1-9-13(18-8-15-9)6-16(2)12-4-3-11(14)5-10(12)7-17/h3-5,7-8H,6H2,1-2H3. The van der Waals surface area contributed by atoms with Crippen LogP contribution in [0.25, 0.3) is 0 Å². The van der Waals surface area contributed by atoms with Crippen LogP contribution in [0.4, 0.5) is 5.69 Å². The monoisotopic (exact) mass is 280 g/mol. The number of rotatable bonds is 4. The normalized spacial score (nSPS) is 10.4. The van der Waals surface area contributed by atoms with Crippen LogP contribution < -0.4 is 4.90 Å². The molecule has 3 nitrogen and oxygen atoms in total. The smallest absolute Gasteiger partial charge is 0.152 e. The quantitative estimate of drug-likeness (QED) is 0.803. The molecular weight excluding hydrogens is 268 g/mol. The molecule has 0 aliphatic heterocycles. The van der Waals surface area contributed by atoms with Crippen molar-refractivity contribution >= 4 is 34.9 Å². The van der Waals surface area contributed by atoms with Crippen LogP contribution in [0.2, 0.25) is 5.02 Å². The van der Waals surface area contributed by atoms with Gasteiger partial charge in [-0.05, 0) is 25.1 Å². The predicted octanol–water partition coefficient (Wildman–Crippen LogP) is 3.55. The number of benzene rings is 1. The molecule has 0 saturated heterocycles. The van der Waals surface area contributed by atoms with E-state index in [1.807, 2.05) is 30.4 Å². The van der Waals surface area contributed by atoms with E-state index in [2.05, 4.69) is 4.98 Å². The largest absolute Gasteiger partial charge is 0.369 e. The van der Waals surface area contributed by atoms with Crippen LogP contribution in [0.15, 0.2) is 23.7 Å². The highest BCUT2D eigenvalue weighted by molar-refractivity contribution is 7.09. The molecule has 1 aromatic heterocycles. The zero-order valence-electron chi connectivity index (χ0n) is 10.2. The van der Waals surface area contributed by atoms with Crippen LogP contribution in [-0.2, 0) is 6.54 Å². The van der Waals surface area contributed by atoms with Gasteiger partial charge in [0.05, 0.1) is 17.7 Å². The maximum absolute atomic E-state index is 11.1. The minimum absolute atomic E-state index is 0.572. The Hall–Kier alpha value is -1.39. The maximum Gasteiger partial charge on any atom is 0.152 e. The van der Waals surface area contributed by atoms with Gasteiger partial charge in [0.1, 0.15) is 0 Å². The molecule has 1 aromatic carbocycles. The SMILES string of the molecule is Cc1ncsc1CN(C)c1ccc(Cl)cc1C=O. The topological polar surface area (TPSA) is 33.2 Å². The van der Waals surface area contributed by atoms with Gasteiger partial charge in [-0.15, -0.1) is 11.3 Å². The molecule has 1 heterocycles. The van der Waals surface area contributed by atoms with Crippen molar-refractivity contribution in [2.75, 3.05) is 11.9 Å². The minimum atomic E-state index is 0.572. The molecular formula is C13H13ClN2OS. The summed E-state index contributed by atoms with van der Waals surface area (Å²) < 4.78 is 0. The zero-order chi connectivity index (χ0) is 13.1. The summed E-state index contributed by atoms with van der Waals surface area (Å²) in [7, 11) is 1.95. The van der Waals surface area contributed by atoms with Crippen molar-refractivity contribution in [2.24, 2.45) is 0 Å². The summed E-state index contributed by atoms with van der Waals surface area (Å²) in [6, 6.07) is 5.34. The van der Waals surface area contributed by atoms with Crippen LogP contribution in [0, 0.1) is 6.92 Å². The average Bonchev–Trinajstić information content (AvgIpc) is 2.74. The third-order valence-corrected chi connectivity index (χ3v) is 3.91. The second-order valence-electron chi connectivity index (χ2n) is 4.04. The Labute approximate surface area is 115 Å². The summed E-state index contributed by atoms with van der Waals surface area (Å²) in [4.78, 5) is 18.5. The number of aryl methyl sites for hydroxylation is 1. The fraction of sp³-hybridized carbons (Fsp3) is 0.231. The van der Waals surface area contributed by atoms with Gasteiger partial charge < -0.3 is 4.90 Å². The summed E-state index contributed by atoms with van der Waals surface area (Å²) >= 11 is 7.50. The number of halogens is 1. The lowest BCUT2D eigenvalue weighted by Crippen LogP contribution is -2.17. The fourth-order valence-electron chi connectivity index (χ4n) is 1.75. The van der Waals surface area contributed by atoms with E-state index in [1.54, 1.807) is 23.5 Å². The molecule has 0 radical (unpaired) electrons. The van der Waals surface area contributed by atoms with E-state index in [1.165, 1.54) is 4.88 Å². The van der Waals surface area contributed by atoms with Crippen LogP contribution in [0.1, 0.15) is 20.9 Å². The molecule has 2 aromatic rings. The van der Waals surface area contributed by atoms with Gasteiger partial charge in [0, 0.05) is 28.2 Å². The van der Waals surface area contributed by atoms with Crippen molar-refractivity contribution in [1.29, 1.82) is 0 Å². The van der Waals surface area contributed by atoms with Crippen LogP contribution >= 0.6 is 22.9 Å². The van der Waals surface area contributed by atoms with E-state index in [4.69, 9.17) is 11.6 Å². The highest BCUT2D eigenvalue weighted by Gasteiger charge is 2.10. The van der Waals surface area contributed by atoms with Crippen molar-refractivity contribution in [1.82, 2.24) is 4.98 Å². The van der Waals surface area contributed by atoms with Gasteiger partial charge in [0.15, 0.2) is 6.29 Å². The third kappa shape index (κ3) is 2.71. The highest BCUT2D eigenvalue weighted by Crippen LogP contribution is 2.25. The molecule has 0 aliphatic carbocycles. The van der Waals surface area contributed by atoms with Gasteiger partial charge in [-0.1, -0.05) is 11.6 Å². The molecule has 0 atom stereocenters. The number of carbonyl (C=O) groups excluding carboxylic acids is 1. The first-order chi connectivity index (χ1) is 8.61. The minimum Gasteiger partial charge on any atom is -0.369 e. The van der Waals surface area contributed by atoms with Crippen molar-refractivity contribution in [2.45, 2.75) is 13.5 Å². The van der Waals surface area contributed by atoms with Gasteiger partial charge in [0.2, 0.25) is 0 Å². The molecule has 0 fully saturated rings. The number of aldehydes is 1. The van der Waals surface area contributed by atoms with Crippen molar-refractivity contribution in [3.63, 3.8) is 0 Å². The molecule has 2 rings (SSSR count). The average molecular weight is 281 g/mol. The van der Waals surface area contributed by atoms with E-state index in [-0.39, 0.29) is 0 Å². The lowest BCUT2D eigenvalue weighted by atomic mass is 10.2. The number of hydrogen-bond donors (Lipinski definition) is 0. The number of thiazole rings is 1. The molecule has 0 amide bonds. The fourth-order valence-corrected chi connectivity index (χ4v) is 2.76. The molecule has 0 aliphatic rings. The van der Waals surface area contributed by atoms with Gasteiger partial charge in [-0.3, -0.25) is 4.79 Å². The Morgan fingerprint density at radius 1 is 1.50 bits per heavy atom. The maximum atomic E-state index is 11.1. The number of nitrogens with zero attached hydrogens (tertiary/aromatic N) is 2. The summed E-state index contributed by atoms with van der Waals surface area (Å²) in [6.07, 6.45) is 0.831. The van der Waals surface area contributed by atoms with E-state index >= 15 is 0 Å². The van der Waals surface area contributed by atoms with Gasteiger partial charge in [-0.25, -0.2) is 4.98 Å². The van der Waals surface area contributed by atoms with Crippen LogP contribution in [0.5, 0.6) is 0 Å². The Morgan fingerprint density at radius 3 is 2.89 bits per heavy atom. The summed E-state index contributed by atoms with van der Waals surface area (Å²) in [6.45, 7) is 2.72. The Morgan fingerprint density at radius 2 is 2.28 bits per heavy atom. The molecule has 18 heavy (non-hydrogen) atoms. The summed E-state index contributed by atoms with van der Waals surface area (Å²) in [5, 5.41) is 0.572. The molecule has 94 valence electrons. The first-order valence-corrected chi connectivity index (χ1v) is 6.72. The first-order valence-electron chi connectivity index (χ1n) is 5.46. The predicted molar refractivity (Wildman–Crippen MR) is 75.8 cm³/mol. The van der Waals surface area contributed by atoms with E-state index in [9.17, 15) is 4.79 Å². The van der Waals surface area contributed by atoms with Gasteiger partial charge >= 0.3 is 0 Å². The molecule has 0 saturated carbocycles. The number of carbonyl (C=O) groups is 1. The van der Waals surface area contributed by atoms with Gasteiger partial charge in [0.25, 0.3) is 0 Å². The summed E-state index contributed by atoms with van der Waals surface area (Å²) in [5.74, 6) is 0. The lowest BCUT2D eigenvalue weighted by Gasteiger charge is -2.20. The van der Waals surface area contributed by atoms with E-state index in [0.29, 0.717) is 10.6 Å². The third-order valence-electron chi connectivity index (χ3n) is 2.75. The van der Waals surface area contributed by atoms with Crippen molar-refractivity contribution in [3.8, 4) is 0 Å². The summed E-state index contributed by atoms with van der Waals surface area (Å²) in [5.41, 5.74) is 4.35. The second-order valence-corrected chi connectivity index (χ2v) is 5.41. The van der Waals surface area contributed by atoms with Crippen LogP contribution in [0.3, 0.4) is 0 Å². The molecule has 0 unspecified atom stereocenters. The van der Waals surface area contributed by atoms with Crippen molar-refractivity contribution < 1.29 is 4.79 Å².